The van der Waals surface area contributed by atoms with Gasteiger partial charge in [-0.25, -0.2) is 0 Å². The summed E-state index contributed by atoms with van der Waals surface area (Å²) in [5, 5.41) is 0. The lowest BCUT2D eigenvalue weighted by Gasteiger charge is -2.08. The average Bonchev–Trinajstić information content (AvgIpc) is 3.06. The summed E-state index contributed by atoms with van der Waals surface area (Å²) in [6.07, 6.45) is 0. The number of carbonyl (C=O) groups is 2. The van der Waals surface area contributed by atoms with E-state index in [-0.39, 0.29) is 0 Å². The number of methoxy groups -OCH3 is 2. The Hall–Kier alpha value is -1.55. The van der Waals surface area contributed by atoms with Crippen LogP contribution < -0.4 is 0 Å². The minimum Gasteiger partial charge on any atom is -0.469 e. The summed E-state index contributed by atoms with van der Waals surface area (Å²) in [4.78, 5) is 22.3. The molecule has 0 amide bonds. The zero-order valence-corrected chi connectivity index (χ0v) is 10.8. The molecule has 4 nitrogen and oxygen atoms in total. The maximum absolute atomic E-state index is 11.7. The first kappa shape index (κ1) is 12.9. The van der Waals surface area contributed by atoms with Crippen LogP contribution in [0.1, 0.15) is 5.56 Å². The molecule has 0 heterocycles. The summed E-state index contributed by atoms with van der Waals surface area (Å²) in [5.41, 5.74) is 0.720. The van der Waals surface area contributed by atoms with Gasteiger partial charge in [-0.3, -0.25) is 9.59 Å². The maximum Gasteiger partial charge on any atom is 0.311 e. The van der Waals surface area contributed by atoms with E-state index in [0.29, 0.717) is 0 Å². The third-order valence-electron chi connectivity index (χ3n) is 3.26. The van der Waals surface area contributed by atoms with Gasteiger partial charge < -0.3 is 9.47 Å². The topological polar surface area (TPSA) is 52.6 Å². The van der Waals surface area contributed by atoms with Crippen molar-refractivity contribution in [3.63, 3.8) is 0 Å². The molecule has 2 atom stereocenters. The molecule has 0 spiro atoms. The number of hydrogen-bond donors (Lipinski definition) is 0. The van der Waals surface area contributed by atoms with Gasteiger partial charge in [0.25, 0.3) is 0 Å². The Labute approximate surface area is 110 Å². The highest BCUT2D eigenvalue weighted by Crippen LogP contribution is 2.64. The molecule has 0 saturated heterocycles. The number of rotatable bonds is 3. The zero-order chi connectivity index (χ0) is 13.3. The smallest absolute Gasteiger partial charge is 0.311 e. The molecule has 96 valence electrons. The van der Waals surface area contributed by atoms with Crippen molar-refractivity contribution in [3.05, 3.63) is 35.9 Å². The molecule has 18 heavy (non-hydrogen) atoms. The summed E-state index contributed by atoms with van der Waals surface area (Å²) in [6, 6.07) is 9.02. The van der Waals surface area contributed by atoms with Gasteiger partial charge in [0.1, 0.15) is 0 Å². The lowest BCUT2D eigenvalue weighted by molar-refractivity contribution is -0.148. The van der Waals surface area contributed by atoms with E-state index in [1.807, 2.05) is 6.07 Å². The minimum absolute atomic E-state index is 0.496. The second kappa shape index (κ2) is 4.61. The third kappa shape index (κ3) is 1.77. The molecule has 0 unspecified atom stereocenters. The van der Waals surface area contributed by atoms with Gasteiger partial charge in [0, 0.05) is 0 Å². The molecular formula is C13H13ClO4. The molecule has 1 aliphatic rings. The summed E-state index contributed by atoms with van der Waals surface area (Å²) >= 11 is 6.45. The lowest BCUT2D eigenvalue weighted by Crippen LogP contribution is -2.10. The fourth-order valence-electron chi connectivity index (χ4n) is 2.28. The normalized spacial score (nSPS) is 29.5. The second-order valence-corrected chi connectivity index (χ2v) is 4.76. The zero-order valence-electron chi connectivity index (χ0n) is 10.1. The van der Waals surface area contributed by atoms with Crippen molar-refractivity contribution >= 4 is 23.5 Å². The Morgan fingerprint density at radius 3 is 1.89 bits per heavy atom. The van der Waals surface area contributed by atoms with Crippen LogP contribution in [-0.2, 0) is 23.9 Å². The van der Waals surface area contributed by atoms with Gasteiger partial charge in [-0.05, 0) is 5.56 Å². The van der Waals surface area contributed by atoms with Crippen LogP contribution in [0.2, 0.25) is 0 Å². The third-order valence-corrected chi connectivity index (χ3v) is 3.94. The highest BCUT2D eigenvalue weighted by atomic mass is 35.5. The molecule has 0 aromatic heterocycles. The molecule has 1 saturated carbocycles. The fraction of sp³-hybridized carbons (Fsp3) is 0.385. The number of alkyl halides is 1. The highest BCUT2D eigenvalue weighted by molar-refractivity contribution is 6.31. The molecule has 1 aliphatic carbocycles. The van der Waals surface area contributed by atoms with E-state index in [1.54, 1.807) is 24.3 Å². The Morgan fingerprint density at radius 2 is 1.50 bits per heavy atom. The van der Waals surface area contributed by atoms with Crippen molar-refractivity contribution in [3.8, 4) is 0 Å². The van der Waals surface area contributed by atoms with Crippen LogP contribution in [-0.4, -0.2) is 26.2 Å². The van der Waals surface area contributed by atoms with Crippen molar-refractivity contribution in [2.45, 2.75) is 4.87 Å². The molecule has 0 bridgehead atoms. The summed E-state index contributed by atoms with van der Waals surface area (Å²) in [5.74, 6) is -2.38. The molecule has 1 fully saturated rings. The first-order valence-electron chi connectivity index (χ1n) is 5.47. The van der Waals surface area contributed by atoms with Gasteiger partial charge in [-0.1, -0.05) is 30.3 Å². The number of halogens is 1. The monoisotopic (exact) mass is 268 g/mol. The largest absolute Gasteiger partial charge is 0.469 e. The SMILES string of the molecule is COC(=O)[C@H]1[C@H](C(=O)OC)C1(Cl)c1ccccc1. The predicted molar refractivity (Wildman–Crippen MR) is 65.0 cm³/mol. The van der Waals surface area contributed by atoms with Gasteiger partial charge in [-0.2, -0.15) is 0 Å². The molecule has 1 aromatic rings. The van der Waals surface area contributed by atoms with E-state index in [9.17, 15) is 9.59 Å². The van der Waals surface area contributed by atoms with Crippen molar-refractivity contribution in [1.29, 1.82) is 0 Å². The molecule has 0 radical (unpaired) electrons. The number of hydrogen-bond acceptors (Lipinski definition) is 4. The molecule has 5 heteroatoms. The minimum atomic E-state index is -1.05. The van der Waals surface area contributed by atoms with E-state index in [4.69, 9.17) is 11.6 Å². The number of ether oxygens (including phenoxy) is 2. The van der Waals surface area contributed by atoms with E-state index in [2.05, 4.69) is 9.47 Å². The molecule has 1 aromatic carbocycles. The van der Waals surface area contributed by atoms with Gasteiger partial charge in [0.15, 0.2) is 0 Å². The van der Waals surface area contributed by atoms with E-state index in [1.165, 1.54) is 14.2 Å². The van der Waals surface area contributed by atoms with Crippen LogP contribution in [0.3, 0.4) is 0 Å². The van der Waals surface area contributed by atoms with Crippen molar-refractivity contribution in [2.24, 2.45) is 11.8 Å². The Bertz CT molecular complexity index is 449. The van der Waals surface area contributed by atoms with Gasteiger partial charge >= 0.3 is 11.9 Å². The van der Waals surface area contributed by atoms with Crippen LogP contribution in [0.4, 0.5) is 0 Å². The Balaban J connectivity index is 2.36. The van der Waals surface area contributed by atoms with E-state index >= 15 is 0 Å². The number of esters is 2. The van der Waals surface area contributed by atoms with Crippen molar-refractivity contribution < 1.29 is 19.1 Å². The van der Waals surface area contributed by atoms with Crippen LogP contribution in [0.5, 0.6) is 0 Å². The molecule has 0 aliphatic heterocycles. The number of carbonyl (C=O) groups excluding carboxylic acids is 2. The maximum atomic E-state index is 11.7. The highest BCUT2D eigenvalue weighted by Gasteiger charge is 2.73. The molecule has 0 N–H and O–H groups in total. The predicted octanol–water partition coefficient (Wildman–Crippen LogP) is 1.71. The second-order valence-electron chi connectivity index (χ2n) is 4.14. The first-order valence-corrected chi connectivity index (χ1v) is 5.85. The molecular weight excluding hydrogens is 256 g/mol. The lowest BCUT2D eigenvalue weighted by atomic mass is 10.1. The van der Waals surface area contributed by atoms with Gasteiger partial charge in [-0.15, -0.1) is 11.6 Å². The van der Waals surface area contributed by atoms with Gasteiger partial charge in [0.2, 0.25) is 0 Å². The van der Waals surface area contributed by atoms with E-state index in [0.717, 1.165) is 5.56 Å². The standard InChI is InChI=1S/C13H13ClO4/c1-17-11(15)9-10(12(16)18-2)13(9,14)8-6-4-3-5-7-8/h3-7,9-10H,1-2H3/t9-,10-/m1/s1. The quantitative estimate of drug-likeness (QED) is 0.619. The fourth-order valence-corrected chi connectivity index (χ4v) is 2.77. The summed E-state index contributed by atoms with van der Waals surface area (Å²) < 4.78 is 9.37. The Morgan fingerprint density at radius 1 is 1.06 bits per heavy atom. The van der Waals surface area contributed by atoms with Crippen LogP contribution in [0.25, 0.3) is 0 Å². The van der Waals surface area contributed by atoms with Gasteiger partial charge in [0.05, 0.1) is 30.9 Å². The first-order chi connectivity index (χ1) is 8.57. The van der Waals surface area contributed by atoms with Crippen molar-refractivity contribution in [1.82, 2.24) is 0 Å². The van der Waals surface area contributed by atoms with Crippen molar-refractivity contribution in [2.75, 3.05) is 14.2 Å². The molecule has 2 rings (SSSR count). The summed E-state index contributed by atoms with van der Waals surface area (Å²) in [7, 11) is 2.55. The van der Waals surface area contributed by atoms with Crippen LogP contribution in [0.15, 0.2) is 30.3 Å². The Kier molecular flexibility index (Phi) is 3.30. The van der Waals surface area contributed by atoms with E-state index < -0.39 is 28.6 Å². The average molecular weight is 269 g/mol. The summed E-state index contributed by atoms with van der Waals surface area (Å²) in [6.45, 7) is 0. The number of benzene rings is 1. The van der Waals surface area contributed by atoms with Crippen LogP contribution >= 0.6 is 11.6 Å². The van der Waals surface area contributed by atoms with Crippen LogP contribution in [0, 0.1) is 11.8 Å².